The Morgan fingerprint density at radius 2 is 1.62 bits per heavy atom. The monoisotopic (exact) mass is 476 g/mol. The van der Waals surface area contributed by atoms with E-state index in [4.69, 9.17) is 5.73 Å². The molecule has 0 bridgehead atoms. The van der Waals surface area contributed by atoms with Crippen LogP contribution in [0.15, 0.2) is 48.5 Å². The van der Waals surface area contributed by atoms with Crippen LogP contribution in [0.5, 0.6) is 0 Å². The number of nitrogens with two attached hydrogens (primary N) is 1. The number of nitrogens with one attached hydrogen (secondary N) is 1. The van der Waals surface area contributed by atoms with Crippen molar-refractivity contribution < 1.29 is 23.1 Å². The molecule has 0 spiro atoms. The van der Waals surface area contributed by atoms with Crippen LogP contribution in [0.1, 0.15) is 24.8 Å². The van der Waals surface area contributed by atoms with Crippen molar-refractivity contribution in [1.29, 1.82) is 0 Å². The average molecular weight is 477 g/mol. The number of anilines is 3. The van der Waals surface area contributed by atoms with Gasteiger partial charge in [-0.05, 0) is 68.4 Å². The number of nitrogens with zero attached hydrogens (tertiary/aromatic N) is 2. The number of piperidine rings is 1. The number of rotatable bonds is 6. The highest BCUT2D eigenvalue weighted by atomic mass is 19.4. The van der Waals surface area contributed by atoms with Gasteiger partial charge in [-0.1, -0.05) is 12.1 Å². The molecule has 0 saturated carbocycles. The lowest BCUT2D eigenvalue weighted by atomic mass is 9.90. The second-order valence-electron chi connectivity index (χ2n) is 9.43. The van der Waals surface area contributed by atoms with Gasteiger partial charge >= 0.3 is 6.18 Å². The van der Waals surface area contributed by atoms with E-state index in [1.165, 1.54) is 0 Å². The number of halogens is 3. The molecule has 2 heterocycles. The second kappa shape index (κ2) is 9.46. The summed E-state index contributed by atoms with van der Waals surface area (Å²) in [5.41, 5.74) is 6.72. The number of amides is 1. The zero-order valence-electron chi connectivity index (χ0n) is 19.2. The Bertz CT molecular complexity index is 987. The molecule has 9 heteroatoms. The minimum Gasteiger partial charge on any atom is -0.380 e. The highest BCUT2D eigenvalue weighted by molar-refractivity contribution is 5.77. The van der Waals surface area contributed by atoms with Crippen LogP contribution in [-0.4, -0.2) is 60.4 Å². The van der Waals surface area contributed by atoms with E-state index in [9.17, 15) is 23.1 Å². The van der Waals surface area contributed by atoms with Crippen molar-refractivity contribution in [2.75, 3.05) is 36.9 Å². The fraction of sp³-hybridized carbons (Fsp3) is 0.480. The van der Waals surface area contributed by atoms with Crippen LogP contribution < -0.4 is 16.0 Å². The van der Waals surface area contributed by atoms with Gasteiger partial charge in [-0.2, -0.15) is 13.2 Å². The molecule has 4 rings (SSSR count). The third-order valence-electron chi connectivity index (χ3n) is 7.23. The van der Waals surface area contributed by atoms with Gasteiger partial charge in [0.15, 0.2) is 5.60 Å². The van der Waals surface area contributed by atoms with Gasteiger partial charge in [-0.3, -0.25) is 4.79 Å². The molecule has 0 radical (unpaired) electrons. The van der Waals surface area contributed by atoms with Crippen molar-refractivity contribution in [2.45, 2.75) is 43.5 Å². The zero-order chi connectivity index (χ0) is 24.5. The molecule has 2 aliphatic rings. The highest BCUT2D eigenvalue weighted by Gasteiger charge is 2.54. The molecule has 2 aromatic carbocycles. The average Bonchev–Trinajstić information content (AvgIpc) is 3.16. The summed E-state index contributed by atoms with van der Waals surface area (Å²) in [5.74, 6) is -0.361. The minimum absolute atomic E-state index is 0.116. The van der Waals surface area contributed by atoms with Gasteiger partial charge in [0.2, 0.25) is 5.91 Å². The van der Waals surface area contributed by atoms with Crippen molar-refractivity contribution in [3.05, 3.63) is 54.1 Å². The Balaban J connectivity index is 1.33. The molecule has 0 aromatic heterocycles. The minimum atomic E-state index is -4.60. The number of primary amides is 1. The number of alkyl halides is 3. The number of likely N-dealkylation sites (N-methyl/N-ethyl adjacent to an activating group) is 1. The van der Waals surface area contributed by atoms with Crippen LogP contribution in [0, 0.1) is 5.92 Å². The zero-order valence-corrected chi connectivity index (χ0v) is 19.2. The number of benzene rings is 2. The van der Waals surface area contributed by atoms with E-state index < -0.39 is 11.8 Å². The summed E-state index contributed by atoms with van der Waals surface area (Å²) in [5, 5.41) is 13.2. The topological polar surface area (TPSA) is 81.8 Å². The van der Waals surface area contributed by atoms with E-state index in [1.807, 2.05) is 60.5 Å². The van der Waals surface area contributed by atoms with Crippen LogP contribution in [0.25, 0.3) is 0 Å². The lowest BCUT2D eigenvalue weighted by molar-refractivity contribution is -0.266. The number of likely N-dealkylation sites (tertiary alicyclic amines) is 1. The summed E-state index contributed by atoms with van der Waals surface area (Å²) in [6, 6.07) is 15.7. The Morgan fingerprint density at radius 3 is 2.15 bits per heavy atom. The molecule has 2 fully saturated rings. The fourth-order valence-corrected chi connectivity index (χ4v) is 4.94. The maximum atomic E-state index is 13.0. The van der Waals surface area contributed by atoms with Crippen LogP contribution in [0.4, 0.5) is 30.2 Å². The number of carbonyl (C=O) groups excluding carboxylic acids is 1. The standard InChI is InChI=1S/C25H31F3N4O2/c1-31-13-10-21(23(29)33)22(31)16-17-2-4-18(5-3-17)30-19-6-8-20(9-7-19)32-14-11-24(34,12-15-32)25(26,27)28/h2-9,21-22,30,34H,10-16H2,1H3,(H2,29,33). The summed E-state index contributed by atoms with van der Waals surface area (Å²) in [4.78, 5) is 15.8. The van der Waals surface area contributed by atoms with E-state index in [2.05, 4.69) is 10.2 Å². The van der Waals surface area contributed by atoms with Crippen molar-refractivity contribution in [3.63, 3.8) is 0 Å². The molecule has 2 unspecified atom stereocenters. The number of aliphatic hydroxyl groups is 1. The van der Waals surface area contributed by atoms with Gasteiger partial charge in [-0.15, -0.1) is 0 Å². The van der Waals surface area contributed by atoms with E-state index in [0.29, 0.717) is 0 Å². The quantitative estimate of drug-likeness (QED) is 0.593. The fourth-order valence-electron chi connectivity index (χ4n) is 4.94. The van der Waals surface area contributed by atoms with Crippen LogP contribution in [0.2, 0.25) is 0 Å². The van der Waals surface area contributed by atoms with Crippen molar-refractivity contribution in [1.82, 2.24) is 4.90 Å². The molecule has 0 aliphatic carbocycles. The molecule has 2 aromatic rings. The number of hydrogen-bond acceptors (Lipinski definition) is 5. The molecule has 2 aliphatic heterocycles. The largest absolute Gasteiger partial charge is 0.417 e. The first-order valence-corrected chi connectivity index (χ1v) is 11.6. The first-order valence-electron chi connectivity index (χ1n) is 11.6. The van der Waals surface area contributed by atoms with E-state index in [-0.39, 0.29) is 43.8 Å². The molecule has 2 saturated heterocycles. The lowest BCUT2D eigenvalue weighted by Crippen LogP contribution is -2.53. The predicted octanol–water partition coefficient (Wildman–Crippen LogP) is 3.67. The molecular weight excluding hydrogens is 445 g/mol. The second-order valence-corrected chi connectivity index (χ2v) is 9.43. The Morgan fingerprint density at radius 1 is 1.06 bits per heavy atom. The third-order valence-corrected chi connectivity index (χ3v) is 7.23. The normalized spacial score (nSPS) is 23.1. The SMILES string of the molecule is CN1CCC(C(N)=O)C1Cc1ccc(Nc2ccc(N3CCC(O)(C(F)(F)F)CC3)cc2)cc1. The van der Waals surface area contributed by atoms with Gasteiger partial charge in [0.25, 0.3) is 0 Å². The Kier molecular flexibility index (Phi) is 6.78. The van der Waals surface area contributed by atoms with E-state index >= 15 is 0 Å². The van der Waals surface area contributed by atoms with Gasteiger partial charge in [0.05, 0.1) is 5.92 Å². The van der Waals surface area contributed by atoms with Crippen molar-refractivity contribution in [3.8, 4) is 0 Å². The first kappa shape index (κ1) is 24.3. The van der Waals surface area contributed by atoms with Crippen LogP contribution >= 0.6 is 0 Å². The first-order chi connectivity index (χ1) is 16.1. The van der Waals surface area contributed by atoms with Gasteiger partial charge in [0, 0.05) is 49.0 Å². The van der Waals surface area contributed by atoms with Crippen LogP contribution in [-0.2, 0) is 11.2 Å². The Hall–Kier alpha value is -2.78. The van der Waals surface area contributed by atoms with Gasteiger partial charge < -0.3 is 26.0 Å². The van der Waals surface area contributed by atoms with E-state index in [0.717, 1.165) is 42.0 Å². The number of hydrogen-bond donors (Lipinski definition) is 3. The summed E-state index contributed by atoms with van der Waals surface area (Å²) < 4.78 is 39.0. The Labute approximate surface area is 197 Å². The summed E-state index contributed by atoms with van der Waals surface area (Å²) in [6.07, 6.45) is -3.70. The molecule has 1 amide bonds. The van der Waals surface area contributed by atoms with E-state index in [1.54, 1.807) is 0 Å². The van der Waals surface area contributed by atoms with Crippen molar-refractivity contribution in [2.24, 2.45) is 11.7 Å². The molecule has 4 N–H and O–H groups in total. The lowest BCUT2D eigenvalue weighted by Gasteiger charge is -2.40. The third kappa shape index (κ3) is 5.15. The molecule has 6 nitrogen and oxygen atoms in total. The van der Waals surface area contributed by atoms with Crippen LogP contribution in [0.3, 0.4) is 0 Å². The summed E-state index contributed by atoms with van der Waals surface area (Å²) in [7, 11) is 2.02. The summed E-state index contributed by atoms with van der Waals surface area (Å²) in [6.45, 7) is 1.17. The predicted molar refractivity (Wildman–Crippen MR) is 126 cm³/mol. The molecule has 184 valence electrons. The molecule has 2 atom stereocenters. The molecule has 34 heavy (non-hydrogen) atoms. The van der Waals surface area contributed by atoms with Crippen molar-refractivity contribution >= 4 is 23.0 Å². The van der Waals surface area contributed by atoms with Gasteiger partial charge in [-0.25, -0.2) is 0 Å². The van der Waals surface area contributed by atoms with Gasteiger partial charge in [0.1, 0.15) is 0 Å². The smallest absolute Gasteiger partial charge is 0.380 e. The summed E-state index contributed by atoms with van der Waals surface area (Å²) >= 11 is 0. The number of carbonyl (C=O) groups is 1. The molecular formula is C25H31F3N4O2. The highest BCUT2D eigenvalue weighted by Crippen LogP contribution is 2.39. The maximum absolute atomic E-state index is 13.0. The maximum Gasteiger partial charge on any atom is 0.417 e.